The van der Waals surface area contributed by atoms with Crippen molar-refractivity contribution in [1.82, 2.24) is 9.88 Å². The van der Waals surface area contributed by atoms with E-state index in [4.69, 9.17) is 16.7 Å². The van der Waals surface area contributed by atoms with Crippen LogP contribution in [0.4, 0.5) is 5.82 Å². The van der Waals surface area contributed by atoms with Gasteiger partial charge in [-0.25, -0.2) is 9.78 Å². The number of pyridine rings is 1. The van der Waals surface area contributed by atoms with Crippen LogP contribution in [0, 0.1) is 0 Å². The summed E-state index contributed by atoms with van der Waals surface area (Å²) >= 11 is 5.78. The maximum absolute atomic E-state index is 11.8. The molecule has 2 rings (SSSR count). The Morgan fingerprint density at radius 3 is 2.84 bits per heavy atom. The van der Waals surface area contributed by atoms with E-state index in [0.717, 1.165) is 6.42 Å². The quantitative estimate of drug-likeness (QED) is 0.880. The van der Waals surface area contributed by atoms with E-state index in [0.29, 0.717) is 18.9 Å². The molecule has 102 valence electrons. The lowest BCUT2D eigenvalue weighted by Crippen LogP contribution is -2.34. The maximum atomic E-state index is 11.8. The predicted octanol–water partition coefficient (Wildman–Crippen LogP) is 1.10. The van der Waals surface area contributed by atoms with E-state index >= 15 is 0 Å². The summed E-state index contributed by atoms with van der Waals surface area (Å²) < 4.78 is 0. The zero-order valence-corrected chi connectivity index (χ0v) is 11.2. The number of halogens is 1. The van der Waals surface area contributed by atoms with Gasteiger partial charge in [-0.1, -0.05) is 11.6 Å². The second-order valence-corrected chi connectivity index (χ2v) is 4.80. The topological polar surface area (TPSA) is 73.7 Å². The normalized spacial score (nSPS) is 16.4. The number of anilines is 1. The summed E-state index contributed by atoms with van der Waals surface area (Å²) in [5.74, 6) is -0.721. The van der Waals surface area contributed by atoms with Gasteiger partial charge in [0, 0.05) is 20.1 Å². The molecule has 0 spiro atoms. The van der Waals surface area contributed by atoms with Gasteiger partial charge in [0.25, 0.3) is 0 Å². The molecule has 6 nitrogen and oxygen atoms in total. The summed E-state index contributed by atoms with van der Waals surface area (Å²) in [5, 5.41) is 9.09. The SMILES string of the molecule is CN1CCCN(c2ccc(Cl)c(C(=O)O)n2)CC1=O. The molecule has 2 heterocycles. The van der Waals surface area contributed by atoms with Crippen molar-refractivity contribution in [1.29, 1.82) is 0 Å². The number of nitrogens with zero attached hydrogens (tertiary/aromatic N) is 3. The molecule has 19 heavy (non-hydrogen) atoms. The average Bonchev–Trinajstić information content (AvgIpc) is 2.52. The Hall–Kier alpha value is -1.82. The Bertz CT molecular complexity index is 521. The standard InChI is InChI=1S/C12H14ClN3O3/c1-15-5-2-6-16(7-10(15)17)9-4-3-8(13)11(14-9)12(18)19/h3-4H,2,5-7H2,1H3,(H,18,19). The van der Waals surface area contributed by atoms with Crippen LogP contribution in [0.1, 0.15) is 16.9 Å². The first-order chi connectivity index (χ1) is 8.99. The van der Waals surface area contributed by atoms with E-state index in [9.17, 15) is 9.59 Å². The first kappa shape index (κ1) is 13.6. The fraction of sp³-hybridized carbons (Fsp3) is 0.417. The Labute approximate surface area is 115 Å². The predicted molar refractivity (Wildman–Crippen MR) is 70.7 cm³/mol. The van der Waals surface area contributed by atoms with Crippen LogP contribution in [-0.2, 0) is 4.79 Å². The van der Waals surface area contributed by atoms with Gasteiger partial charge in [-0.2, -0.15) is 0 Å². The van der Waals surface area contributed by atoms with Gasteiger partial charge in [-0.3, -0.25) is 4.79 Å². The van der Waals surface area contributed by atoms with E-state index in [-0.39, 0.29) is 23.2 Å². The summed E-state index contributed by atoms with van der Waals surface area (Å²) in [4.78, 5) is 30.3. The Morgan fingerprint density at radius 2 is 2.16 bits per heavy atom. The number of likely N-dealkylation sites (N-methyl/N-ethyl adjacent to an activating group) is 1. The highest BCUT2D eigenvalue weighted by molar-refractivity contribution is 6.33. The molecule has 1 saturated heterocycles. The third-order valence-electron chi connectivity index (χ3n) is 3.03. The Balaban J connectivity index is 2.28. The first-order valence-corrected chi connectivity index (χ1v) is 6.25. The number of carbonyl (C=O) groups excluding carboxylic acids is 1. The molecule has 1 aromatic rings. The van der Waals surface area contributed by atoms with Crippen LogP contribution in [0.15, 0.2) is 12.1 Å². The van der Waals surface area contributed by atoms with Crippen LogP contribution < -0.4 is 4.90 Å². The van der Waals surface area contributed by atoms with Crippen LogP contribution in [0.25, 0.3) is 0 Å². The van der Waals surface area contributed by atoms with Gasteiger partial charge in [0.2, 0.25) is 5.91 Å². The van der Waals surface area contributed by atoms with E-state index in [2.05, 4.69) is 4.98 Å². The highest BCUT2D eigenvalue weighted by atomic mass is 35.5. The lowest BCUT2D eigenvalue weighted by Gasteiger charge is -2.21. The molecule has 1 amide bonds. The summed E-state index contributed by atoms with van der Waals surface area (Å²) in [6.45, 7) is 1.54. The number of carbonyl (C=O) groups is 2. The van der Waals surface area contributed by atoms with Crippen molar-refractivity contribution in [2.24, 2.45) is 0 Å². The molecule has 0 saturated carbocycles. The molecule has 1 N–H and O–H groups in total. The summed E-state index contributed by atoms with van der Waals surface area (Å²) in [7, 11) is 1.75. The molecule has 1 fully saturated rings. The van der Waals surface area contributed by atoms with E-state index in [1.807, 2.05) is 0 Å². The highest BCUT2D eigenvalue weighted by Crippen LogP contribution is 2.20. The number of hydrogen-bond acceptors (Lipinski definition) is 4. The molecule has 0 aliphatic carbocycles. The third-order valence-corrected chi connectivity index (χ3v) is 3.34. The van der Waals surface area contributed by atoms with Crippen LogP contribution in [0.2, 0.25) is 5.02 Å². The number of rotatable bonds is 2. The number of aromatic nitrogens is 1. The number of carboxylic acids is 1. The van der Waals surface area contributed by atoms with Gasteiger partial charge in [0.05, 0.1) is 11.6 Å². The molecular weight excluding hydrogens is 270 g/mol. The van der Waals surface area contributed by atoms with Crippen molar-refractivity contribution in [3.05, 3.63) is 22.8 Å². The van der Waals surface area contributed by atoms with Crippen molar-refractivity contribution < 1.29 is 14.7 Å². The molecule has 1 aliphatic rings. The molecule has 0 aromatic carbocycles. The van der Waals surface area contributed by atoms with E-state index < -0.39 is 5.97 Å². The van der Waals surface area contributed by atoms with Crippen molar-refractivity contribution in [2.45, 2.75) is 6.42 Å². The molecule has 0 radical (unpaired) electrons. The molecule has 0 unspecified atom stereocenters. The molecular formula is C12H14ClN3O3. The number of carboxylic acid groups (broad SMARTS) is 1. The van der Waals surface area contributed by atoms with Crippen molar-refractivity contribution in [3.63, 3.8) is 0 Å². The first-order valence-electron chi connectivity index (χ1n) is 5.88. The lowest BCUT2D eigenvalue weighted by molar-refractivity contribution is -0.127. The van der Waals surface area contributed by atoms with Crippen molar-refractivity contribution in [3.8, 4) is 0 Å². The number of amides is 1. The molecule has 0 bridgehead atoms. The molecule has 1 aromatic heterocycles. The molecule has 7 heteroatoms. The lowest BCUT2D eigenvalue weighted by atomic mass is 10.3. The second kappa shape index (κ2) is 5.44. The highest BCUT2D eigenvalue weighted by Gasteiger charge is 2.21. The Morgan fingerprint density at radius 1 is 1.42 bits per heavy atom. The third kappa shape index (κ3) is 2.96. The van der Waals surface area contributed by atoms with E-state index in [1.165, 1.54) is 6.07 Å². The Kier molecular flexibility index (Phi) is 3.90. The van der Waals surface area contributed by atoms with Gasteiger partial charge in [0.15, 0.2) is 5.69 Å². The fourth-order valence-electron chi connectivity index (χ4n) is 1.94. The van der Waals surface area contributed by atoms with Crippen molar-refractivity contribution >= 4 is 29.3 Å². The largest absolute Gasteiger partial charge is 0.476 e. The van der Waals surface area contributed by atoms with Crippen LogP contribution in [-0.4, -0.2) is 53.5 Å². The fourth-order valence-corrected chi connectivity index (χ4v) is 2.13. The minimum absolute atomic E-state index is 0.00822. The average molecular weight is 284 g/mol. The second-order valence-electron chi connectivity index (χ2n) is 4.40. The van der Waals surface area contributed by atoms with Gasteiger partial charge < -0.3 is 14.9 Å². The van der Waals surface area contributed by atoms with E-state index in [1.54, 1.807) is 22.9 Å². The van der Waals surface area contributed by atoms with Gasteiger partial charge in [-0.15, -0.1) is 0 Å². The summed E-state index contributed by atoms with van der Waals surface area (Å²) in [6.07, 6.45) is 0.814. The number of hydrogen-bond donors (Lipinski definition) is 1. The maximum Gasteiger partial charge on any atom is 0.356 e. The van der Waals surface area contributed by atoms with Gasteiger partial charge in [-0.05, 0) is 18.6 Å². The van der Waals surface area contributed by atoms with Crippen LogP contribution >= 0.6 is 11.6 Å². The molecule has 1 aliphatic heterocycles. The minimum Gasteiger partial charge on any atom is -0.476 e. The van der Waals surface area contributed by atoms with Gasteiger partial charge in [0.1, 0.15) is 5.82 Å². The number of aromatic carboxylic acids is 1. The zero-order valence-electron chi connectivity index (χ0n) is 10.5. The van der Waals surface area contributed by atoms with Crippen LogP contribution in [0.3, 0.4) is 0 Å². The molecule has 0 atom stereocenters. The summed E-state index contributed by atoms with van der Waals surface area (Å²) in [6, 6.07) is 3.12. The van der Waals surface area contributed by atoms with Crippen LogP contribution in [0.5, 0.6) is 0 Å². The zero-order chi connectivity index (χ0) is 14.0. The summed E-state index contributed by atoms with van der Waals surface area (Å²) in [5.41, 5.74) is -0.191. The van der Waals surface area contributed by atoms with Crippen molar-refractivity contribution in [2.75, 3.05) is 31.6 Å². The minimum atomic E-state index is -1.18. The monoisotopic (exact) mass is 283 g/mol. The smallest absolute Gasteiger partial charge is 0.356 e. The van der Waals surface area contributed by atoms with Gasteiger partial charge >= 0.3 is 5.97 Å².